The molecule has 0 saturated heterocycles. The number of ether oxygens (including phenoxy) is 1. The number of thiocarbonyl (C=S) groups is 1. The smallest absolute Gasteiger partial charge is 0.313 e. The van der Waals surface area contributed by atoms with Crippen LogP contribution < -0.4 is 15.9 Å². The second kappa shape index (κ2) is 6.95. The maximum absolute atomic E-state index is 11.8. The van der Waals surface area contributed by atoms with Crippen molar-refractivity contribution in [2.24, 2.45) is 16.8 Å². The van der Waals surface area contributed by atoms with Crippen molar-refractivity contribution >= 4 is 40.3 Å². The van der Waals surface area contributed by atoms with Crippen LogP contribution >= 0.6 is 12.2 Å². The molecule has 1 heterocycles. The first-order valence-electron chi connectivity index (χ1n) is 6.67. The fourth-order valence-corrected chi connectivity index (χ4v) is 1.83. The minimum absolute atomic E-state index is 0.0723. The molecular formula is C15H16N4O2S. The van der Waals surface area contributed by atoms with Gasteiger partial charge in [0.15, 0.2) is 5.11 Å². The van der Waals surface area contributed by atoms with Crippen molar-refractivity contribution in [2.45, 2.75) is 13.8 Å². The molecule has 0 bridgehead atoms. The molecule has 0 fully saturated rings. The van der Waals surface area contributed by atoms with Crippen LogP contribution in [-0.4, -0.2) is 22.3 Å². The zero-order chi connectivity index (χ0) is 16.1. The number of nitrogens with two attached hydrogens (primary N) is 1. The van der Waals surface area contributed by atoms with Gasteiger partial charge in [-0.15, -0.1) is 0 Å². The van der Waals surface area contributed by atoms with Crippen LogP contribution in [0.4, 0.5) is 0 Å². The second-order valence-electron chi connectivity index (χ2n) is 4.86. The number of nitrogens with one attached hydrogen (secondary N) is 1. The quantitative estimate of drug-likeness (QED) is 0.295. The minimum Gasteiger partial charge on any atom is -0.426 e. The Bertz CT molecular complexity index is 743. The lowest BCUT2D eigenvalue weighted by molar-refractivity contribution is -0.137. The van der Waals surface area contributed by atoms with Gasteiger partial charge in [0.1, 0.15) is 5.75 Å². The molecule has 1 aromatic carbocycles. The van der Waals surface area contributed by atoms with Gasteiger partial charge in [-0.05, 0) is 24.4 Å². The number of rotatable bonds is 4. The standard InChI is InChI=1S/C15H16N4O2S/c1-9(2)14(20)21-13-5-3-4-10-11(13)6-7-17-12(10)8-18-19-15(16)22/h3-9H,1-2H3,(H3,16,19,22)/b18-8-. The molecule has 0 amide bonds. The number of fused-ring (bicyclic) bond motifs is 1. The zero-order valence-corrected chi connectivity index (χ0v) is 13.1. The zero-order valence-electron chi connectivity index (χ0n) is 12.2. The third kappa shape index (κ3) is 3.76. The van der Waals surface area contributed by atoms with Gasteiger partial charge >= 0.3 is 5.97 Å². The van der Waals surface area contributed by atoms with Crippen LogP contribution in [0.5, 0.6) is 5.75 Å². The highest BCUT2D eigenvalue weighted by Crippen LogP contribution is 2.27. The molecule has 0 aliphatic carbocycles. The average molecular weight is 316 g/mol. The third-order valence-corrected chi connectivity index (χ3v) is 2.93. The van der Waals surface area contributed by atoms with Crippen molar-refractivity contribution in [1.29, 1.82) is 0 Å². The summed E-state index contributed by atoms with van der Waals surface area (Å²) in [4.78, 5) is 16.0. The van der Waals surface area contributed by atoms with Crippen molar-refractivity contribution in [3.05, 3.63) is 36.2 Å². The lowest BCUT2D eigenvalue weighted by atomic mass is 10.1. The maximum atomic E-state index is 11.8. The first kappa shape index (κ1) is 15.8. The average Bonchev–Trinajstić information content (AvgIpc) is 2.47. The molecule has 0 unspecified atom stereocenters. The molecule has 114 valence electrons. The van der Waals surface area contributed by atoms with E-state index < -0.39 is 0 Å². The van der Waals surface area contributed by atoms with E-state index in [4.69, 9.17) is 10.5 Å². The molecule has 22 heavy (non-hydrogen) atoms. The van der Waals surface area contributed by atoms with Gasteiger partial charge in [-0.1, -0.05) is 26.0 Å². The number of aromatic nitrogens is 1. The van der Waals surface area contributed by atoms with Crippen LogP contribution in [-0.2, 0) is 4.79 Å². The van der Waals surface area contributed by atoms with Crippen LogP contribution in [0.3, 0.4) is 0 Å². The van der Waals surface area contributed by atoms with Gasteiger partial charge in [0.2, 0.25) is 0 Å². The summed E-state index contributed by atoms with van der Waals surface area (Å²) in [5.41, 5.74) is 8.39. The molecule has 7 heteroatoms. The molecule has 0 aliphatic rings. The Morgan fingerprint density at radius 1 is 1.41 bits per heavy atom. The van der Waals surface area contributed by atoms with Crippen LogP contribution in [0.1, 0.15) is 19.5 Å². The van der Waals surface area contributed by atoms with Crippen LogP contribution in [0.15, 0.2) is 35.6 Å². The number of nitrogens with zero attached hydrogens (tertiary/aromatic N) is 2. The summed E-state index contributed by atoms with van der Waals surface area (Å²) >= 11 is 4.67. The van der Waals surface area contributed by atoms with Gasteiger partial charge in [-0.25, -0.2) is 0 Å². The van der Waals surface area contributed by atoms with E-state index in [0.29, 0.717) is 11.4 Å². The Labute approximate surface area is 133 Å². The van der Waals surface area contributed by atoms with Crippen LogP contribution in [0, 0.1) is 5.92 Å². The van der Waals surface area contributed by atoms with Crippen molar-refractivity contribution in [2.75, 3.05) is 0 Å². The Hall–Kier alpha value is -2.54. The summed E-state index contributed by atoms with van der Waals surface area (Å²) in [6.45, 7) is 3.57. The summed E-state index contributed by atoms with van der Waals surface area (Å²) in [6.07, 6.45) is 3.13. The Morgan fingerprint density at radius 2 is 2.18 bits per heavy atom. The second-order valence-corrected chi connectivity index (χ2v) is 5.30. The van der Waals surface area contributed by atoms with Crippen molar-refractivity contribution in [1.82, 2.24) is 10.4 Å². The highest BCUT2D eigenvalue weighted by atomic mass is 32.1. The van der Waals surface area contributed by atoms with Gasteiger partial charge in [-0.2, -0.15) is 5.10 Å². The number of hydrazone groups is 1. The number of carbonyl (C=O) groups is 1. The molecule has 0 aliphatic heterocycles. The number of carbonyl (C=O) groups excluding carboxylic acids is 1. The number of hydrogen-bond acceptors (Lipinski definition) is 5. The van der Waals surface area contributed by atoms with Crippen molar-refractivity contribution in [3.8, 4) is 5.75 Å². The van der Waals surface area contributed by atoms with E-state index >= 15 is 0 Å². The predicted octanol–water partition coefficient (Wildman–Crippen LogP) is 1.96. The van der Waals surface area contributed by atoms with Crippen LogP contribution in [0.2, 0.25) is 0 Å². The van der Waals surface area contributed by atoms with Gasteiger partial charge in [0, 0.05) is 17.0 Å². The van der Waals surface area contributed by atoms with E-state index in [1.807, 2.05) is 6.07 Å². The first-order valence-corrected chi connectivity index (χ1v) is 7.08. The fraction of sp³-hybridized carbons (Fsp3) is 0.200. The van der Waals surface area contributed by atoms with Crippen LogP contribution in [0.25, 0.3) is 10.8 Å². The topological polar surface area (TPSA) is 89.6 Å². The highest BCUT2D eigenvalue weighted by molar-refractivity contribution is 7.80. The van der Waals surface area contributed by atoms with E-state index in [1.165, 1.54) is 6.21 Å². The third-order valence-electron chi connectivity index (χ3n) is 2.84. The largest absolute Gasteiger partial charge is 0.426 e. The van der Waals surface area contributed by atoms with Gasteiger partial charge in [0.05, 0.1) is 17.8 Å². The van der Waals surface area contributed by atoms with E-state index in [-0.39, 0.29) is 17.0 Å². The van der Waals surface area contributed by atoms with E-state index in [1.54, 1.807) is 38.2 Å². The Balaban J connectivity index is 2.40. The monoisotopic (exact) mass is 316 g/mol. The van der Waals surface area contributed by atoms with E-state index in [2.05, 4.69) is 27.7 Å². The molecule has 3 N–H and O–H groups in total. The minimum atomic E-state index is -0.283. The summed E-state index contributed by atoms with van der Waals surface area (Å²) in [6, 6.07) is 7.20. The normalized spacial score (nSPS) is 11.0. The predicted molar refractivity (Wildman–Crippen MR) is 89.7 cm³/mol. The van der Waals surface area contributed by atoms with Gasteiger partial charge in [0.25, 0.3) is 0 Å². The molecular weight excluding hydrogens is 300 g/mol. The summed E-state index contributed by atoms with van der Waals surface area (Å²) in [7, 11) is 0. The number of benzene rings is 1. The van der Waals surface area contributed by atoms with Gasteiger partial charge in [-0.3, -0.25) is 15.2 Å². The molecule has 0 spiro atoms. The number of esters is 1. The van der Waals surface area contributed by atoms with E-state index in [0.717, 1.165) is 10.8 Å². The fourth-order valence-electron chi connectivity index (χ4n) is 1.78. The van der Waals surface area contributed by atoms with Gasteiger partial charge < -0.3 is 10.5 Å². The molecule has 2 rings (SSSR count). The lowest BCUT2D eigenvalue weighted by Crippen LogP contribution is -2.24. The summed E-state index contributed by atoms with van der Waals surface area (Å²) in [5, 5.41) is 5.56. The first-order chi connectivity index (χ1) is 10.5. The number of hydrogen-bond donors (Lipinski definition) is 2. The molecule has 1 aromatic heterocycles. The molecule has 2 aromatic rings. The summed E-state index contributed by atoms with van der Waals surface area (Å²) < 4.78 is 5.42. The molecule has 6 nitrogen and oxygen atoms in total. The molecule has 0 atom stereocenters. The van der Waals surface area contributed by atoms with Crippen molar-refractivity contribution in [3.63, 3.8) is 0 Å². The maximum Gasteiger partial charge on any atom is 0.313 e. The highest BCUT2D eigenvalue weighted by Gasteiger charge is 2.12. The van der Waals surface area contributed by atoms with Crippen molar-refractivity contribution < 1.29 is 9.53 Å². The molecule has 0 saturated carbocycles. The number of pyridine rings is 1. The Morgan fingerprint density at radius 3 is 2.86 bits per heavy atom. The SMILES string of the molecule is CC(C)C(=O)Oc1cccc2c(/C=N\NC(N)=S)nccc12. The van der Waals surface area contributed by atoms with E-state index in [9.17, 15) is 4.79 Å². The Kier molecular flexibility index (Phi) is 5.00. The lowest BCUT2D eigenvalue weighted by Gasteiger charge is -2.10. The summed E-state index contributed by atoms with van der Waals surface area (Å²) in [5.74, 6) is 0.0122. The molecule has 0 radical (unpaired) electrons.